The molecule has 0 aliphatic heterocycles. The van der Waals surface area contributed by atoms with Crippen LogP contribution in [-0.4, -0.2) is 9.97 Å². The summed E-state index contributed by atoms with van der Waals surface area (Å²) in [4.78, 5) is 8.35. The van der Waals surface area contributed by atoms with Crippen molar-refractivity contribution in [2.45, 2.75) is 6.04 Å². The van der Waals surface area contributed by atoms with E-state index in [9.17, 15) is 0 Å². The minimum atomic E-state index is -0.174. The second-order valence-electron chi connectivity index (χ2n) is 2.88. The molecule has 78 valence electrons. The van der Waals surface area contributed by atoms with Crippen LogP contribution in [-0.2, 0) is 0 Å². The fraction of sp³-hybridized carbons (Fsp3) is 0.111. The van der Waals surface area contributed by atoms with Gasteiger partial charge in [0.15, 0.2) is 5.82 Å². The van der Waals surface area contributed by atoms with Crippen molar-refractivity contribution in [3.05, 3.63) is 45.1 Å². The van der Waals surface area contributed by atoms with E-state index in [1.165, 1.54) is 0 Å². The summed E-state index contributed by atoms with van der Waals surface area (Å²) in [7, 11) is 0. The Labute approximate surface area is 99.7 Å². The molecule has 0 amide bonds. The quantitative estimate of drug-likeness (QED) is 0.667. The summed E-state index contributed by atoms with van der Waals surface area (Å²) in [6, 6.07) is 1.60. The van der Waals surface area contributed by atoms with Crippen molar-refractivity contribution in [3.63, 3.8) is 0 Å². The molecule has 0 saturated carbocycles. The highest BCUT2D eigenvalue weighted by molar-refractivity contribution is 9.10. The molecule has 0 aliphatic carbocycles. The van der Waals surface area contributed by atoms with E-state index in [0.29, 0.717) is 5.82 Å². The predicted octanol–water partition coefficient (Wildman–Crippen LogP) is 1.85. The Kier molecular flexibility index (Phi) is 3.42. The molecule has 1 unspecified atom stereocenters. The van der Waals surface area contributed by atoms with Gasteiger partial charge in [-0.2, -0.15) is 11.3 Å². The van der Waals surface area contributed by atoms with Crippen molar-refractivity contribution < 1.29 is 0 Å². The molecular formula is C9H9BrN4S. The van der Waals surface area contributed by atoms with Gasteiger partial charge in [0.25, 0.3) is 0 Å². The molecule has 0 spiro atoms. The molecule has 0 saturated heterocycles. The summed E-state index contributed by atoms with van der Waals surface area (Å²) in [5, 5.41) is 4.02. The van der Waals surface area contributed by atoms with Gasteiger partial charge >= 0.3 is 0 Å². The molecule has 2 aromatic heterocycles. The highest BCUT2D eigenvalue weighted by Gasteiger charge is 2.18. The Hall–Kier alpha value is -0.820. The van der Waals surface area contributed by atoms with E-state index in [2.05, 4.69) is 31.3 Å². The molecule has 0 bridgehead atoms. The molecule has 0 fully saturated rings. The van der Waals surface area contributed by atoms with Crippen LogP contribution in [0.2, 0.25) is 0 Å². The number of halogens is 1. The van der Waals surface area contributed by atoms with E-state index in [1.807, 2.05) is 10.8 Å². The van der Waals surface area contributed by atoms with Crippen LogP contribution in [0, 0.1) is 0 Å². The van der Waals surface area contributed by atoms with E-state index >= 15 is 0 Å². The van der Waals surface area contributed by atoms with Gasteiger partial charge in [-0.05, 0) is 27.4 Å². The van der Waals surface area contributed by atoms with E-state index in [0.717, 1.165) is 10.0 Å². The molecule has 2 heterocycles. The fourth-order valence-electron chi connectivity index (χ4n) is 1.26. The van der Waals surface area contributed by atoms with Crippen molar-refractivity contribution in [1.29, 1.82) is 0 Å². The summed E-state index contributed by atoms with van der Waals surface area (Å²) in [5.74, 6) is 6.18. The van der Waals surface area contributed by atoms with Gasteiger partial charge in [0.2, 0.25) is 0 Å². The molecule has 15 heavy (non-hydrogen) atoms. The minimum Gasteiger partial charge on any atom is -0.270 e. The van der Waals surface area contributed by atoms with E-state index in [4.69, 9.17) is 5.84 Å². The number of aromatic nitrogens is 2. The molecule has 6 heteroatoms. The first-order valence-corrected chi connectivity index (χ1v) is 6.01. The van der Waals surface area contributed by atoms with Gasteiger partial charge in [-0.3, -0.25) is 5.84 Å². The van der Waals surface area contributed by atoms with Crippen LogP contribution in [0.1, 0.15) is 17.4 Å². The maximum absolute atomic E-state index is 5.52. The first-order chi connectivity index (χ1) is 7.33. The third kappa shape index (κ3) is 2.23. The number of hydrogen-bond donors (Lipinski definition) is 2. The van der Waals surface area contributed by atoms with Crippen LogP contribution in [0.25, 0.3) is 0 Å². The predicted molar refractivity (Wildman–Crippen MR) is 63.2 cm³/mol. The summed E-state index contributed by atoms with van der Waals surface area (Å²) < 4.78 is 1.02. The minimum absolute atomic E-state index is 0.174. The Morgan fingerprint density at radius 2 is 2.07 bits per heavy atom. The second kappa shape index (κ2) is 4.80. The Bertz CT molecular complexity index is 431. The lowest BCUT2D eigenvalue weighted by molar-refractivity contribution is 0.601. The zero-order chi connectivity index (χ0) is 10.7. The number of hydrazine groups is 1. The zero-order valence-electron chi connectivity index (χ0n) is 7.72. The first kappa shape index (κ1) is 10.7. The van der Waals surface area contributed by atoms with Crippen LogP contribution in [0.15, 0.2) is 33.7 Å². The largest absolute Gasteiger partial charge is 0.270 e. The summed E-state index contributed by atoms with van der Waals surface area (Å²) in [6.45, 7) is 0. The van der Waals surface area contributed by atoms with Gasteiger partial charge in [0, 0.05) is 27.8 Å². The maximum atomic E-state index is 5.52. The molecule has 0 aromatic carbocycles. The molecule has 0 aliphatic rings. The molecule has 0 radical (unpaired) electrons. The van der Waals surface area contributed by atoms with Gasteiger partial charge in [0.1, 0.15) is 6.04 Å². The topological polar surface area (TPSA) is 63.8 Å². The normalized spacial score (nSPS) is 12.7. The van der Waals surface area contributed by atoms with Crippen molar-refractivity contribution >= 4 is 27.3 Å². The standard InChI is InChI=1S/C9H9BrN4S/c10-7-5-15-4-6(7)8(14-11)9-12-2-1-3-13-9/h1-5,8,14H,11H2. The summed E-state index contributed by atoms with van der Waals surface area (Å²) in [6.07, 6.45) is 3.40. The monoisotopic (exact) mass is 284 g/mol. The highest BCUT2D eigenvalue weighted by Crippen LogP contribution is 2.29. The van der Waals surface area contributed by atoms with Gasteiger partial charge in [-0.25, -0.2) is 15.4 Å². The van der Waals surface area contributed by atoms with Crippen LogP contribution in [0.5, 0.6) is 0 Å². The molecule has 2 rings (SSSR count). The van der Waals surface area contributed by atoms with Gasteiger partial charge < -0.3 is 0 Å². The highest BCUT2D eigenvalue weighted by atomic mass is 79.9. The van der Waals surface area contributed by atoms with Crippen molar-refractivity contribution in [3.8, 4) is 0 Å². The van der Waals surface area contributed by atoms with Crippen LogP contribution < -0.4 is 11.3 Å². The van der Waals surface area contributed by atoms with Crippen LogP contribution in [0.4, 0.5) is 0 Å². The third-order valence-corrected chi connectivity index (χ3v) is 3.72. The smallest absolute Gasteiger partial charge is 0.150 e. The average molecular weight is 285 g/mol. The van der Waals surface area contributed by atoms with Crippen LogP contribution in [0.3, 0.4) is 0 Å². The van der Waals surface area contributed by atoms with Crippen LogP contribution >= 0.6 is 27.3 Å². The maximum Gasteiger partial charge on any atom is 0.150 e. The molecule has 1 atom stereocenters. The summed E-state index contributed by atoms with van der Waals surface area (Å²) in [5.41, 5.74) is 3.76. The van der Waals surface area contributed by atoms with E-state index in [1.54, 1.807) is 29.8 Å². The third-order valence-electron chi connectivity index (χ3n) is 1.96. The van der Waals surface area contributed by atoms with Crippen molar-refractivity contribution in [1.82, 2.24) is 15.4 Å². The number of nitrogens with two attached hydrogens (primary N) is 1. The SMILES string of the molecule is NNC(c1ncccn1)c1cscc1Br. The fourth-order valence-corrected chi connectivity index (χ4v) is 2.81. The molecule has 2 aromatic rings. The zero-order valence-corrected chi connectivity index (χ0v) is 10.1. The lowest BCUT2D eigenvalue weighted by Crippen LogP contribution is -2.30. The number of thiophene rings is 1. The van der Waals surface area contributed by atoms with E-state index < -0.39 is 0 Å². The van der Waals surface area contributed by atoms with Gasteiger partial charge in [0.05, 0.1) is 0 Å². The van der Waals surface area contributed by atoms with Crippen molar-refractivity contribution in [2.75, 3.05) is 0 Å². The molecular weight excluding hydrogens is 276 g/mol. The Morgan fingerprint density at radius 3 is 2.60 bits per heavy atom. The number of rotatable bonds is 3. The van der Waals surface area contributed by atoms with Gasteiger partial charge in [-0.1, -0.05) is 0 Å². The Balaban J connectivity index is 2.37. The lowest BCUT2D eigenvalue weighted by atomic mass is 10.1. The Morgan fingerprint density at radius 1 is 1.33 bits per heavy atom. The van der Waals surface area contributed by atoms with Gasteiger partial charge in [-0.15, -0.1) is 0 Å². The lowest BCUT2D eigenvalue weighted by Gasteiger charge is -2.13. The second-order valence-corrected chi connectivity index (χ2v) is 4.48. The molecule has 3 N–H and O–H groups in total. The molecule has 4 nitrogen and oxygen atoms in total. The van der Waals surface area contributed by atoms with Crippen molar-refractivity contribution in [2.24, 2.45) is 5.84 Å². The first-order valence-electron chi connectivity index (χ1n) is 4.27. The number of nitrogens with one attached hydrogen (secondary N) is 1. The number of hydrogen-bond acceptors (Lipinski definition) is 5. The number of nitrogens with zero attached hydrogens (tertiary/aromatic N) is 2. The summed E-state index contributed by atoms with van der Waals surface area (Å²) >= 11 is 5.07. The average Bonchev–Trinajstić information content (AvgIpc) is 2.68. The van der Waals surface area contributed by atoms with E-state index in [-0.39, 0.29) is 6.04 Å².